The fourth-order valence-electron chi connectivity index (χ4n) is 2.31. The van der Waals surface area contributed by atoms with Gasteiger partial charge in [-0.1, -0.05) is 34.1 Å². The molecule has 3 unspecified atom stereocenters. The number of benzene rings is 1. The SMILES string of the molecule is C=CCOCC(NC(=O)C1CC1c1cccc(Br)c1)C(=O)O. The van der Waals surface area contributed by atoms with Crippen LogP contribution in [0.1, 0.15) is 17.9 Å². The van der Waals surface area contributed by atoms with Gasteiger partial charge in [0, 0.05) is 10.4 Å². The van der Waals surface area contributed by atoms with Crippen molar-refractivity contribution in [3.05, 3.63) is 47.0 Å². The molecule has 3 atom stereocenters. The predicted molar refractivity (Wildman–Crippen MR) is 85.6 cm³/mol. The maximum Gasteiger partial charge on any atom is 0.328 e. The van der Waals surface area contributed by atoms with Crippen molar-refractivity contribution in [3.8, 4) is 0 Å². The summed E-state index contributed by atoms with van der Waals surface area (Å²) in [7, 11) is 0. The minimum atomic E-state index is -1.10. The number of amides is 1. The van der Waals surface area contributed by atoms with Crippen molar-refractivity contribution in [3.63, 3.8) is 0 Å². The standard InChI is InChI=1S/C16H18BrNO4/c1-2-6-22-9-14(16(20)21)18-15(19)13-8-12(13)10-4-3-5-11(17)7-10/h2-5,7,12-14H,1,6,8-9H2,(H,18,19)(H,20,21). The van der Waals surface area contributed by atoms with Crippen LogP contribution in [0.25, 0.3) is 0 Å². The van der Waals surface area contributed by atoms with Crippen molar-refractivity contribution in [1.29, 1.82) is 0 Å². The zero-order valence-electron chi connectivity index (χ0n) is 12.0. The molecule has 0 heterocycles. The maximum atomic E-state index is 12.2. The van der Waals surface area contributed by atoms with Gasteiger partial charge < -0.3 is 15.2 Å². The van der Waals surface area contributed by atoms with E-state index >= 15 is 0 Å². The number of ether oxygens (including phenoxy) is 1. The molecule has 5 nitrogen and oxygen atoms in total. The lowest BCUT2D eigenvalue weighted by Gasteiger charge is -2.14. The lowest BCUT2D eigenvalue weighted by atomic mass is 10.1. The largest absolute Gasteiger partial charge is 0.480 e. The van der Waals surface area contributed by atoms with Crippen LogP contribution in [0.3, 0.4) is 0 Å². The Kier molecular flexibility index (Phi) is 5.74. The first-order valence-electron chi connectivity index (χ1n) is 7.00. The highest BCUT2D eigenvalue weighted by Gasteiger charge is 2.44. The van der Waals surface area contributed by atoms with Crippen LogP contribution in [-0.2, 0) is 14.3 Å². The summed E-state index contributed by atoms with van der Waals surface area (Å²) in [6.45, 7) is 3.67. The lowest BCUT2D eigenvalue weighted by molar-refractivity contribution is -0.143. The van der Waals surface area contributed by atoms with Crippen molar-refractivity contribution in [2.24, 2.45) is 5.92 Å². The van der Waals surface area contributed by atoms with E-state index in [0.717, 1.165) is 16.5 Å². The summed E-state index contributed by atoms with van der Waals surface area (Å²) >= 11 is 3.41. The van der Waals surface area contributed by atoms with E-state index in [1.165, 1.54) is 6.08 Å². The molecule has 118 valence electrons. The molecule has 0 spiro atoms. The highest BCUT2D eigenvalue weighted by Crippen LogP contribution is 2.47. The van der Waals surface area contributed by atoms with Crippen molar-refractivity contribution in [1.82, 2.24) is 5.32 Å². The van der Waals surface area contributed by atoms with Gasteiger partial charge in [0.15, 0.2) is 6.04 Å². The van der Waals surface area contributed by atoms with Gasteiger partial charge in [0.25, 0.3) is 0 Å². The molecule has 1 fully saturated rings. The molecule has 1 aliphatic rings. The van der Waals surface area contributed by atoms with Crippen molar-refractivity contribution in [2.75, 3.05) is 13.2 Å². The fraction of sp³-hybridized carbons (Fsp3) is 0.375. The average molecular weight is 368 g/mol. The third-order valence-electron chi connectivity index (χ3n) is 3.54. The molecule has 0 radical (unpaired) electrons. The first kappa shape index (κ1) is 16.7. The van der Waals surface area contributed by atoms with E-state index in [0.29, 0.717) is 0 Å². The Bertz CT molecular complexity index is 575. The van der Waals surface area contributed by atoms with E-state index in [1.54, 1.807) is 0 Å². The Morgan fingerprint density at radius 1 is 1.55 bits per heavy atom. The molecular formula is C16H18BrNO4. The van der Waals surface area contributed by atoms with Gasteiger partial charge in [-0.2, -0.15) is 0 Å². The quantitative estimate of drug-likeness (QED) is 0.546. The van der Waals surface area contributed by atoms with E-state index in [-0.39, 0.29) is 31.0 Å². The Morgan fingerprint density at radius 2 is 2.32 bits per heavy atom. The Hall–Kier alpha value is -1.66. The number of hydrogen-bond donors (Lipinski definition) is 2. The van der Waals surface area contributed by atoms with E-state index in [1.807, 2.05) is 24.3 Å². The van der Waals surface area contributed by atoms with Gasteiger partial charge in [-0.3, -0.25) is 4.79 Å². The molecule has 2 N–H and O–H groups in total. The van der Waals surface area contributed by atoms with E-state index < -0.39 is 12.0 Å². The lowest BCUT2D eigenvalue weighted by Crippen LogP contribution is -2.44. The average Bonchev–Trinajstić information content (AvgIpc) is 3.26. The van der Waals surface area contributed by atoms with Gasteiger partial charge in [-0.25, -0.2) is 4.79 Å². The second-order valence-electron chi connectivity index (χ2n) is 5.23. The summed E-state index contributed by atoms with van der Waals surface area (Å²) < 4.78 is 6.08. The number of nitrogens with one attached hydrogen (secondary N) is 1. The van der Waals surface area contributed by atoms with Gasteiger partial charge in [0.2, 0.25) is 5.91 Å². The number of hydrogen-bond acceptors (Lipinski definition) is 3. The molecule has 0 aromatic heterocycles. The second kappa shape index (κ2) is 7.56. The number of carbonyl (C=O) groups excluding carboxylic acids is 1. The molecule has 1 saturated carbocycles. The highest BCUT2D eigenvalue weighted by atomic mass is 79.9. The summed E-state index contributed by atoms with van der Waals surface area (Å²) in [5.41, 5.74) is 1.09. The second-order valence-corrected chi connectivity index (χ2v) is 6.14. The Balaban J connectivity index is 1.89. The molecular weight excluding hydrogens is 350 g/mol. The van der Waals surface area contributed by atoms with Crippen LogP contribution in [0, 0.1) is 5.92 Å². The van der Waals surface area contributed by atoms with E-state index in [9.17, 15) is 9.59 Å². The Labute approximate surface area is 137 Å². The molecule has 0 bridgehead atoms. The number of carboxylic acid groups (broad SMARTS) is 1. The van der Waals surface area contributed by atoms with Gasteiger partial charge in [0.1, 0.15) is 0 Å². The van der Waals surface area contributed by atoms with Crippen LogP contribution in [0.2, 0.25) is 0 Å². The van der Waals surface area contributed by atoms with Crippen LogP contribution < -0.4 is 5.32 Å². The van der Waals surface area contributed by atoms with Crippen molar-refractivity contribution in [2.45, 2.75) is 18.4 Å². The number of halogens is 1. The topological polar surface area (TPSA) is 75.6 Å². The number of carboxylic acids is 1. The molecule has 1 aliphatic carbocycles. The van der Waals surface area contributed by atoms with Crippen LogP contribution in [0.4, 0.5) is 0 Å². The number of carbonyl (C=O) groups is 2. The zero-order valence-corrected chi connectivity index (χ0v) is 13.6. The summed E-state index contributed by atoms with van der Waals surface area (Å²) in [6.07, 6.45) is 2.27. The minimum absolute atomic E-state index is 0.0681. The van der Waals surface area contributed by atoms with Crippen LogP contribution in [0.5, 0.6) is 0 Å². The predicted octanol–water partition coefficient (Wildman–Crippen LogP) is 2.32. The zero-order chi connectivity index (χ0) is 16.1. The smallest absolute Gasteiger partial charge is 0.328 e. The first-order valence-corrected chi connectivity index (χ1v) is 7.79. The maximum absolute atomic E-state index is 12.2. The van der Waals surface area contributed by atoms with E-state index in [4.69, 9.17) is 9.84 Å². The summed E-state index contributed by atoms with van der Waals surface area (Å²) in [6, 6.07) is 6.79. The molecule has 1 aromatic carbocycles. The number of aliphatic carboxylic acids is 1. The molecule has 22 heavy (non-hydrogen) atoms. The van der Waals surface area contributed by atoms with Gasteiger partial charge in [-0.05, 0) is 30.0 Å². The molecule has 0 saturated heterocycles. The first-order chi connectivity index (χ1) is 10.5. The molecule has 6 heteroatoms. The summed E-state index contributed by atoms with van der Waals surface area (Å²) in [4.78, 5) is 23.3. The van der Waals surface area contributed by atoms with Crippen LogP contribution in [0.15, 0.2) is 41.4 Å². The minimum Gasteiger partial charge on any atom is -0.480 e. The summed E-state index contributed by atoms with van der Waals surface area (Å²) in [5.74, 6) is -1.35. The fourth-order valence-corrected chi connectivity index (χ4v) is 2.73. The van der Waals surface area contributed by atoms with Crippen molar-refractivity contribution >= 4 is 27.8 Å². The van der Waals surface area contributed by atoms with Crippen molar-refractivity contribution < 1.29 is 19.4 Å². The molecule has 0 aliphatic heterocycles. The van der Waals surface area contributed by atoms with Gasteiger partial charge in [-0.15, -0.1) is 6.58 Å². The van der Waals surface area contributed by atoms with Crippen LogP contribution >= 0.6 is 15.9 Å². The monoisotopic (exact) mass is 367 g/mol. The van der Waals surface area contributed by atoms with Gasteiger partial charge >= 0.3 is 5.97 Å². The summed E-state index contributed by atoms with van der Waals surface area (Å²) in [5, 5.41) is 11.7. The molecule has 2 rings (SSSR count). The molecule has 1 amide bonds. The van der Waals surface area contributed by atoms with Gasteiger partial charge in [0.05, 0.1) is 13.2 Å². The third kappa shape index (κ3) is 4.42. The van der Waals surface area contributed by atoms with E-state index in [2.05, 4.69) is 27.8 Å². The Morgan fingerprint density at radius 3 is 2.95 bits per heavy atom. The third-order valence-corrected chi connectivity index (χ3v) is 4.03. The number of rotatable bonds is 8. The van der Waals surface area contributed by atoms with Crippen LogP contribution in [-0.4, -0.2) is 36.2 Å². The molecule has 1 aromatic rings. The normalized spacial score (nSPS) is 21.0. The highest BCUT2D eigenvalue weighted by molar-refractivity contribution is 9.10.